The monoisotopic (exact) mass is 218 g/mol. The molecule has 2 rings (SSSR count). The molecule has 0 unspecified atom stereocenters. The van der Waals surface area contributed by atoms with Crippen LogP contribution < -0.4 is 5.73 Å². The Morgan fingerprint density at radius 1 is 1.20 bits per heavy atom. The van der Waals surface area contributed by atoms with Gasteiger partial charge in [-0.3, -0.25) is 0 Å². The molecule has 0 fully saturated rings. The maximum atomic E-state index is 5.73. The minimum absolute atomic E-state index is 0.806. The third-order valence-electron chi connectivity index (χ3n) is 2.41. The van der Waals surface area contributed by atoms with Gasteiger partial charge in [0.15, 0.2) is 0 Å². The molecule has 0 aliphatic rings. The smallest absolute Gasteiger partial charge is 0.0904 e. The summed E-state index contributed by atoms with van der Waals surface area (Å²) in [5.41, 5.74) is 10.00. The molecule has 0 spiro atoms. The van der Waals surface area contributed by atoms with Crippen LogP contribution >= 0.6 is 11.3 Å². The van der Waals surface area contributed by atoms with E-state index in [4.69, 9.17) is 5.73 Å². The lowest BCUT2D eigenvalue weighted by Gasteiger charge is -2.04. The summed E-state index contributed by atoms with van der Waals surface area (Å²) in [4.78, 5) is 5.81. The Hall–Kier alpha value is -1.35. The van der Waals surface area contributed by atoms with E-state index in [1.165, 1.54) is 16.0 Å². The van der Waals surface area contributed by atoms with Gasteiger partial charge in [-0.1, -0.05) is 6.07 Å². The summed E-state index contributed by atoms with van der Waals surface area (Å²) < 4.78 is 0. The minimum Gasteiger partial charge on any atom is -0.399 e. The highest BCUT2D eigenvalue weighted by molar-refractivity contribution is 7.11. The second kappa shape index (κ2) is 3.66. The van der Waals surface area contributed by atoms with Crippen LogP contribution in [0.5, 0.6) is 0 Å². The van der Waals surface area contributed by atoms with Crippen molar-refractivity contribution in [2.75, 3.05) is 5.73 Å². The summed E-state index contributed by atoms with van der Waals surface area (Å²) >= 11 is 1.73. The number of nitrogens with two attached hydrogens (primary N) is 1. The van der Waals surface area contributed by atoms with E-state index in [2.05, 4.69) is 18.8 Å². The van der Waals surface area contributed by atoms with E-state index in [0.29, 0.717) is 0 Å². The molecule has 2 aromatic rings. The predicted molar refractivity (Wildman–Crippen MR) is 66.2 cm³/mol. The van der Waals surface area contributed by atoms with Gasteiger partial charge in [0, 0.05) is 16.1 Å². The normalized spacial score (nSPS) is 10.6. The molecule has 0 amide bonds. The quantitative estimate of drug-likeness (QED) is 0.746. The van der Waals surface area contributed by atoms with Gasteiger partial charge in [0.25, 0.3) is 0 Å². The number of rotatable bonds is 1. The number of hydrogen-bond acceptors (Lipinski definition) is 3. The van der Waals surface area contributed by atoms with Crippen molar-refractivity contribution in [1.29, 1.82) is 0 Å². The SMILES string of the molecule is Cc1nc(-c2ccc(N)cc2C)c(C)s1. The van der Waals surface area contributed by atoms with Crippen LogP contribution in [0.15, 0.2) is 18.2 Å². The molecule has 2 N–H and O–H groups in total. The lowest BCUT2D eigenvalue weighted by atomic mass is 10.0. The van der Waals surface area contributed by atoms with Gasteiger partial charge in [0.2, 0.25) is 0 Å². The molecule has 1 aromatic heterocycles. The van der Waals surface area contributed by atoms with Crippen LogP contribution in [0, 0.1) is 20.8 Å². The van der Waals surface area contributed by atoms with Crippen molar-refractivity contribution in [1.82, 2.24) is 4.98 Å². The van der Waals surface area contributed by atoms with Crippen molar-refractivity contribution in [3.63, 3.8) is 0 Å². The zero-order valence-electron chi connectivity index (χ0n) is 9.16. The summed E-state index contributed by atoms with van der Waals surface area (Å²) in [6, 6.07) is 5.96. The maximum Gasteiger partial charge on any atom is 0.0904 e. The van der Waals surface area contributed by atoms with Crippen LogP contribution in [0.1, 0.15) is 15.4 Å². The standard InChI is InChI=1S/C12H14N2S/c1-7-6-10(13)4-5-11(7)12-8(2)15-9(3)14-12/h4-6H,13H2,1-3H3. The molecule has 0 saturated carbocycles. The zero-order valence-corrected chi connectivity index (χ0v) is 9.98. The van der Waals surface area contributed by atoms with Crippen LogP contribution in [0.3, 0.4) is 0 Å². The lowest BCUT2D eigenvalue weighted by Crippen LogP contribution is -1.89. The lowest BCUT2D eigenvalue weighted by molar-refractivity contribution is 1.27. The Morgan fingerprint density at radius 3 is 2.47 bits per heavy atom. The maximum absolute atomic E-state index is 5.73. The van der Waals surface area contributed by atoms with Crippen LogP contribution in [0.4, 0.5) is 5.69 Å². The van der Waals surface area contributed by atoms with E-state index >= 15 is 0 Å². The fourth-order valence-corrected chi connectivity index (χ4v) is 2.56. The largest absolute Gasteiger partial charge is 0.399 e. The van der Waals surface area contributed by atoms with E-state index in [-0.39, 0.29) is 0 Å². The molecular formula is C12H14N2S. The number of thiazole rings is 1. The number of anilines is 1. The average molecular weight is 218 g/mol. The van der Waals surface area contributed by atoms with Gasteiger partial charge in [0.05, 0.1) is 10.7 Å². The number of benzene rings is 1. The highest BCUT2D eigenvalue weighted by atomic mass is 32.1. The van der Waals surface area contributed by atoms with E-state index < -0.39 is 0 Å². The first-order valence-corrected chi connectivity index (χ1v) is 5.70. The molecule has 78 valence electrons. The number of hydrogen-bond donors (Lipinski definition) is 1. The Labute approximate surface area is 93.8 Å². The molecule has 0 saturated heterocycles. The molecule has 0 radical (unpaired) electrons. The van der Waals surface area contributed by atoms with Crippen LogP contribution in [0.2, 0.25) is 0 Å². The van der Waals surface area contributed by atoms with Crippen molar-refractivity contribution in [3.8, 4) is 11.3 Å². The van der Waals surface area contributed by atoms with E-state index in [0.717, 1.165) is 16.4 Å². The Kier molecular flexibility index (Phi) is 2.49. The Balaban J connectivity index is 2.59. The minimum atomic E-state index is 0.806. The summed E-state index contributed by atoms with van der Waals surface area (Å²) in [6.07, 6.45) is 0. The van der Waals surface area contributed by atoms with Crippen LogP contribution in [-0.2, 0) is 0 Å². The molecule has 1 heterocycles. The number of aromatic nitrogens is 1. The first-order valence-electron chi connectivity index (χ1n) is 4.88. The summed E-state index contributed by atoms with van der Waals surface area (Å²) in [6.45, 7) is 6.21. The fraction of sp³-hybridized carbons (Fsp3) is 0.250. The first kappa shape index (κ1) is 10.2. The number of aryl methyl sites for hydroxylation is 3. The van der Waals surface area contributed by atoms with Crippen molar-refractivity contribution >= 4 is 17.0 Å². The van der Waals surface area contributed by atoms with Gasteiger partial charge >= 0.3 is 0 Å². The molecule has 2 nitrogen and oxygen atoms in total. The second-order valence-corrected chi connectivity index (χ2v) is 5.12. The molecule has 1 aromatic carbocycles. The predicted octanol–water partition coefficient (Wildman–Crippen LogP) is 3.32. The molecule has 0 aliphatic heterocycles. The molecule has 0 aliphatic carbocycles. The molecule has 0 bridgehead atoms. The Morgan fingerprint density at radius 2 is 1.93 bits per heavy atom. The van der Waals surface area contributed by atoms with E-state index in [1.807, 2.05) is 25.1 Å². The van der Waals surface area contributed by atoms with Crippen molar-refractivity contribution in [2.45, 2.75) is 20.8 Å². The summed E-state index contributed by atoms with van der Waals surface area (Å²) in [5, 5.41) is 1.11. The summed E-state index contributed by atoms with van der Waals surface area (Å²) in [5.74, 6) is 0. The van der Waals surface area contributed by atoms with Crippen molar-refractivity contribution < 1.29 is 0 Å². The topological polar surface area (TPSA) is 38.9 Å². The molecule has 3 heteroatoms. The third-order valence-corrected chi connectivity index (χ3v) is 3.30. The summed E-state index contributed by atoms with van der Waals surface area (Å²) in [7, 11) is 0. The molecule has 0 atom stereocenters. The van der Waals surface area contributed by atoms with E-state index in [1.54, 1.807) is 11.3 Å². The zero-order chi connectivity index (χ0) is 11.0. The highest BCUT2D eigenvalue weighted by Gasteiger charge is 2.09. The second-order valence-electron chi connectivity index (χ2n) is 3.71. The number of nitrogen functional groups attached to an aromatic ring is 1. The molecular weight excluding hydrogens is 204 g/mol. The van der Waals surface area contributed by atoms with Crippen molar-refractivity contribution in [2.24, 2.45) is 0 Å². The third kappa shape index (κ3) is 1.88. The van der Waals surface area contributed by atoms with E-state index in [9.17, 15) is 0 Å². The molecule has 15 heavy (non-hydrogen) atoms. The van der Waals surface area contributed by atoms with Gasteiger partial charge in [-0.05, 0) is 38.5 Å². The van der Waals surface area contributed by atoms with Gasteiger partial charge in [-0.25, -0.2) is 4.98 Å². The van der Waals surface area contributed by atoms with Crippen LogP contribution in [-0.4, -0.2) is 4.98 Å². The highest BCUT2D eigenvalue weighted by Crippen LogP contribution is 2.30. The fourth-order valence-electron chi connectivity index (χ4n) is 1.73. The van der Waals surface area contributed by atoms with Crippen LogP contribution in [0.25, 0.3) is 11.3 Å². The van der Waals surface area contributed by atoms with Gasteiger partial charge < -0.3 is 5.73 Å². The van der Waals surface area contributed by atoms with Gasteiger partial charge in [-0.2, -0.15) is 0 Å². The Bertz CT molecular complexity index is 500. The van der Waals surface area contributed by atoms with Gasteiger partial charge in [-0.15, -0.1) is 11.3 Å². The average Bonchev–Trinajstić information content (AvgIpc) is 2.45. The van der Waals surface area contributed by atoms with Crippen molar-refractivity contribution in [3.05, 3.63) is 33.6 Å². The number of nitrogens with zero attached hydrogens (tertiary/aromatic N) is 1. The first-order chi connectivity index (χ1) is 7.08. The van der Waals surface area contributed by atoms with Gasteiger partial charge in [0.1, 0.15) is 0 Å².